The molecule has 0 saturated heterocycles. The number of para-hydroxylation sites is 1. The quantitative estimate of drug-likeness (QED) is 0.362. The Balaban J connectivity index is 1.55. The Kier molecular flexibility index (Phi) is 4.71. The number of imide groups is 1. The van der Waals surface area contributed by atoms with Crippen LogP contribution < -0.4 is 0 Å². The molecule has 1 aromatic heterocycles. The standard InChI is InChI=1S/C25H18N4O3/c1-16-26-27-22(15-28-24(31)18-11-5-6-12-19(18)25(28)32)29(16)21-14-8-7-13-20(21)23(30)17-9-3-2-4-10-17/h2-14H,15H2,1H3. The van der Waals surface area contributed by atoms with Crippen molar-refractivity contribution in [1.82, 2.24) is 19.7 Å². The number of aryl methyl sites for hydroxylation is 1. The van der Waals surface area contributed by atoms with Gasteiger partial charge in [0.2, 0.25) is 0 Å². The van der Waals surface area contributed by atoms with Crippen molar-refractivity contribution < 1.29 is 14.4 Å². The number of aromatic nitrogens is 3. The first-order valence-electron chi connectivity index (χ1n) is 10.1. The Bertz CT molecular complexity index is 1340. The summed E-state index contributed by atoms with van der Waals surface area (Å²) in [6, 6.07) is 22.9. The molecule has 0 spiro atoms. The molecule has 2 amide bonds. The second-order valence-corrected chi connectivity index (χ2v) is 7.45. The monoisotopic (exact) mass is 422 g/mol. The fourth-order valence-electron chi connectivity index (χ4n) is 3.95. The summed E-state index contributed by atoms with van der Waals surface area (Å²) in [6.07, 6.45) is 0. The zero-order valence-electron chi connectivity index (χ0n) is 17.2. The van der Waals surface area contributed by atoms with Gasteiger partial charge in [0.05, 0.1) is 23.4 Å². The lowest BCUT2D eigenvalue weighted by atomic mass is 10.0. The molecule has 32 heavy (non-hydrogen) atoms. The van der Waals surface area contributed by atoms with Crippen LogP contribution in [-0.4, -0.2) is 37.3 Å². The first-order valence-corrected chi connectivity index (χ1v) is 10.1. The van der Waals surface area contributed by atoms with Crippen LogP contribution >= 0.6 is 0 Å². The summed E-state index contributed by atoms with van der Waals surface area (Å²) in [7, 11) is 0. The van der Waals surface area contributed by atoms with Gasteiger partial charge in [-0.3, -0.25) is 23.9 Å². The van der Waals surface area contributed by atoms with E-state index in [1.165, 1.54) is 0 Å². The SMILES string of the molecule is Cc1nnc(CN2C(=O)c3ccccc3C2=O)n1-c1ccccc1C(=O)c1ccccc1. The summed E-state index contributed by atoms with van der Waals surface area (Å²) < 4.78 is 1.72. The molecule has 0 atom stereocenters. The minimum Gasteiger partial charge on any atom is -0.289 e. The van der Waals surface area contributed by atoms with Crippen molar-refractivity contribution in [3.05, 3.63) is 113 Å². The molecule has 1 aliphatic rings. The maximum Gasteiger partial charge on any atom is 0.261 e. The molecule has 7 nitrogen and oxygen atoms in total. The summed E-state index contributed by atoms with van der Waals surface area (Å²) in [5.74, 6) is 0.0640. The topological polar surface area (TPSA) is 85.2 Å². The zero-order chi connectivity index (χ0) is 22.2. The van der Waals surface area contributed by atoms with Gasteiger partial charge in [0.25, 0.3) is 11.8 Å². The summed E-state index contributed by atoms with van der Waals surface area (Å²) in [5.41, 5.74) is 2.38. The van der Waals surface area contributed by atoms with E-state index in [9.17, 15) is 14.4 Å². The van der Waals surface area contributed by atoms with Gasteiger partial charge >= 0.3 is 0 Å². The van der Waals surface area contributed by atoms with Gasteiger partial charge in [-0.15, -0.1) is 10.2 Å². The molecule has 0 aliphatic carbocycles. The average Bonchev–Trinajstić information content (AvgIpc) is 3.32. The van der Waals surface area contributed by atoms with Crippen LogP contribution in [0.2, 0.25) is 0 Å². The van der Waals surface area contributed by atoms with Crippen LogP contribution in [0.5, 0.6) is 0 Å². The molecule has 3 aromatic carbocycles. The third-order valence-electron chi connectivity index (χ3n) is 5.50. The molecular weight excluding hydrogens is 404 g/mol. The van der Waals surface area contributed by atoms with E-state index in [1.54, 1.807) is 66.1 Å². The Labute approximate surface area is 183 Å². The fraction of sp³-hybridized carbons (Fsp3) is 0.0800. The van der Waals surface area contributed by atoms with Gasteiger partial charge in [0, 0.05) is 11.1 Å². The molecule has 0 N–H and O–H groups in total. The molecule has 0 fully saturated rings. The van der Waals surface area contributed by atoms with Crippen LogP contribution in [0.25, 0.3) is 5.69 Å². The molecule has 156 valence electrons. The largest absolute Gasteiger partial charge is 0.289 e. The zero-order valence-corrected chi connectivity index (χ0v) is 17.2. The number of hydrogen-bond donors (Lipinski definition) is 0. The predicted octanol–water partition coefficient (Wildman–Crippen LogP) is 3.60. The summed E-state index contributed by atoms with van der Waals surface area (Å²) in [5, 5.41) is 8.38. The lowest BCUT2D eigenvalue weighted by Crippen LogP contribution is -2.30. The number of carbonyl (C=O) groups is 3. The lowest BCUT2D eigenvalue weighted by molar-refractivity contribution is 0.0637. The minimum absolute atomic E-state index is 0.0545. The number of ketones is 1. The molecule has 0 radical (unpaired) electrons. The van der Waals surface area contributed by atoms with Crippen LogP contribution in [-0.2, 0) is 6.54 Å². The van der Waals surface area contributed by atoms with Crippen molar-refractivity contribution >= 4 is 17.6 Å². The second kappa shape index (κ2) is 7.70. The van der Waals surface area contributed by atoms with E-state index in [0.29, 0.717) is 39.6 Å². The van der Waals surface area contributed by atoms with E-state index in [2.05, 4.69) is 10.2 Å². The summed E-state index contributed by atoms with van der Waals surface area (Å²) >= 11 is 0. The molecule has 4 aromatic rings. The van der Waals surface area contributed by atoms with Gasteiger partial charge in [0.15, 0.2) is 11.6 Å². The van der Waals surface area contributed by atoms with Gasteiger partial charge in [-0.1, -0.05) is 54.6 Å². The highest BCUT2D eigenvalue weighted by molar-refractivity contribution is 6.21. The van der Waals surface area contributed by atoms with Crippen molar-refractivity contribution in [1.29, 1.82) is 0 Å². The Hall–Kier alpha value is -4.39. The Morgan fingerprint density at radius 2 is 1.38 bits per heavy atom. The third-order valence-corrected chi connectivity index (χ3v) is 5.50. The van der Waals surface area contributed by atoms with Crippen molar-refractivity contribution in [2.45, 2.75) is 13.5 Å². The van der Waals surface area contributed by atoms with E-state index in [0.717, 1.165) is 4.90 Å². The summed E-state index contributed by atoms with van der Waals surface area (Å²) in [4.78, 5) is 40.0. The first kappa shape index (κ1) is 19.6. The van der Waals surface area contributed by atoms with Gasteiger partial charge < -0.3 is 0 Å². The number of hydrogen-bond acceptors (Lipinski definition) is 5. The van der Waals surface area contributed by atoms with Crippen LogP contribution in [0.3, 0.4) is 0 Å². The minimum atomic E-state index is -0.369. The van der Waals surface area contributed by atoms with Crippen molar-refractivity contribution in [3.8, 4) is 5.69 Å². The van der Waals surface area contributed by atoms with Crippen molar-refractivity contribution in [3.63, 3.8) is 0 Å². The maximum atomic E-state index is 13.2. The van der Waals surface area contributed by atoms with Gasteiger partial charge in [-0.25, -0.2) is 0 Å². The van der Waals surface area contributed by atoms with Gasteiger partial charge in [-0.05, 0) is 31.2 Å². The predicted molar refractivity (Wildman–Crippen MR) is 117 cm³/mol. The lowest BCUT2D eigenvalue weighted by Gasteiger charge is -2.17. The number of rotatable bonds is 5. The number of fused-ring (bicyclic) bond motifs is 1. The van der Waals surface area contributed by atoms with Crippen LogP contribution in [0, 0.1) is 6.92 Å². The number of amides is 2. The molecule has 1 aliphatic heterocycles. The maximum absolute atomic E-state index is 13.2. The normalized spacial score (nSPS) is 12.8. The molecule has 0 saturated carbocycles. The fourth-order valence-corrected chi connectivity index (χ4v) is 3.95. The van der Waals surface area contributed by atoms with Gasteiger partial charge in [0.1, 0.15) is 5.82 Å². The molecule has 0 bridgehead atoms. The van der Waals surface area contributed by atoms with E-state index >= 15 is 0 Å². The van der Waals surface area contributed by atoms with E-state index in [1.807, 2.05) is 24.3 Å². The second-order valence-electron chi connectivity index (χ2n) is 7.45. The average molecular weight is 422 g/mol. The number of carbonyl (C=O) groups excluding carboxylic acids is 3. The van der Waals surface area contributed by atoms with Gasteiger partial charge in [-0.2, -0.15) is 0 Å². The highest BCUT2D eigenvalue weighted by Gasteiger charge is 2.36. The Morgan fingerprint density at radius 1 is 0.781 bits per heavy atom. The van der Waals surface area contributed by atoms with Crippen LogP contribution in [0.15, 0.2) is 78.9 Å². The van der Waals surface area contributed by atoms with E-state index in [4.69, 9.17) is 0 Å². The van der Waals surface area contributed by atoms with E-state index in [-0.39, 0.29) is 24.1 Å². The highest BCUT2D eigenvalue weighted by Crippen LogP contribution is 2.26. The molecule has 7 heteroatoms. The first-order chi connectivity index (χ1) is 15.6. The molecule has 0 unspecified atom stereocenters. The smallest absolute Gasteiger partial charge is 0.261 e. The molecule has 5 rings (SSSR count). The van der Waals surface area contributed by atoms with E-state index < -0.39 is 0 Å². The van der Waals surface area contributed by atoms with Crippen LogP contribution in [0.1, 0.15) is 48.3 Å². The third kappa shape index (κ3) is 3.11. The van der Waals surface area contributed by atoms with Crippen molar-refractivity contribution in [2.24, 2.45) is 0 Å². The number of nitrogens with zero attached hydrogens (tertiary/aromatic N) is 4. The molecule has 2 heterocycles. The van der Waals surface area contributed by atoms with Crippen LogP contribution in [0.4, 0.5) is 0 Å². The molecular formula is C25H18N4O3. The Morgan fingerprint density at radius 3 is 2.06 bits per heavy atom. The summed E-state index contributed by atoms with van der Waals surface area (Å²) in [6.45, 7) is 1.71. The highest BCUT2D eigenvalue weighted by atomic mass is 16.2. The van der Waals surface area contributed by atoms with Crippen molar-refractivity contribution in [2.75, 3.05) is 0 Å². The number of benzene rings is 3.